The number of ether oxygens (including phenoxy) is 3. The lowest BCUT2D eigenvalue weighted by atomic mass is 10.2. The smallest absolute Gasteiger partial charge is 0.174 e. The van der Waals surface area contributed by atoms with Crippen molar-refractivity contribution >= 4 is 28.8 Å². The van der Waals surface area contributed by atoms with Gasteiger partial charge in [0.05, 0.1) is 37.2 Å². The maximum atomic E-state index is 5.63. The summed E-state index contributed by atoms with van der Waals surface area (Å²) in [6.07, 6.45) is 1.76. The average molecular weight is 440 g/mol. The lowest BCUT2D eigenvalue weighted by Crippen LogP contribution is -2.07. The highest BCUT2D eigenvalue weighted by Gasteiger charge is 2.10. The van der Waals surface area contributed by atoms with Crippen LogP contribution in [0.25, 0.3) is 0 Å². The van der Waals surface area contributed by atoms with Gasteiger partial charge < -0.3 is 19.6 Å². The molecule has 0 aliphatic heterocycles. The van der Waals surface area contributed by atoms with Gasteiger partial charge in [-0.1, -0.05) is 18.2 Å². The van der Waals surface area contributed by atoms with E-state index in [1.807, 2.05) is 43.3 Å². The van der Waals surface area contributed by atoms with Crippen LogP contribution < -0.4 is 19.6 Å². The summed E-state index contributed by atoms with van der Waals surface area (Å²) in [4.78, 5) is 0. The first kappa shape index (κ1) is 18.4. The van der Waals surface area contributed by atoms with E-state index in [2.05, 4.69) is 33.1 Å². The van der Waals surface area contributed by atoms with Gasteiger partial charge in [-0.2, -0.15) is 5.10 Å². The van der Waals surface area contributed by atoms with E-state index < -0.39 is 0 Å². The molecule has 0 amide bonds. The highest BCUT2D eigenvalue weighted by molar-refractivity contribution is 14.1. The summed E-state index contributed by atoms with van der Waals surface area (Å²) in [5.41, 5.74) is 5.03. The van der Waals surface area contributed by atoms with Crippen molar-refractivity contribution in [2.24, 2.45) is 5.10 Å². The zero-order valence-corrected chi connectivity index (χ0v) is 16.2. The van der Waals surface area contributed by atoms with Crippen molar-refractivity contribution < 1.29 is 14.2 Å². The molecule has 0 aliphatic carbocycles. The van der Waals surface area contributed by atoms with Crippen molar-refractivity contribution in [3.05, 3.63) is 51.1 Å². The number of hydrazone groups is 1. The molecule has 0 radical (unpaired) electrons. The van der Waals surface area contributed by atoms with Crippen LogP contribution in [-0.4, -0.2) is 27.0 Å². The number of nitrogens with one attached hydrogen (secondary N) is 1. The molecule has 0 fully saturated rings. The molecule has 0 bridgehead atoms. The van der Waals surface area contributed by atoms with Crippen LogP contribution in [0.5, 0.6) is 17.2 Å². The fourth-order valence-corrected chi connectivity index (χ4v) is 3.07. The van der Waals surface area contributed by atoms with E-state index in [1.54, 1.807) is 20.4 Å². The van der Waals surface area contributed by atoms with Crippen LogP contribution in [0.4, 0.5) is 0 Å². The zero-order valence-electron chi connectivity index (χ0n) is 14.0. The lowest BCUT2D eigenvalue weighted by Gasteiger charge is -2.12. The molecule has 6 heteroatoms. The third kappa shape index (κ3) is 4.77. The average Bonchev–Trinajstić information content (AvgIpc) is 2.59. The van der Waals surface area contributed by atoms with Crippen LogP contribution in [0.3, 0.4) is 0 Å². The minimum atomic E-state index is 0.582. The van der Waals surface area contributed by atoms with Crippen LogP contribution in [0, 0.1) is 3.57 Å². The number of para-hydroxylation sites is 1. The lowest BCUT2D eigenvalue weighted by molar-refractivity contribution is 0.309. The van der Waals surface area contributed by atoms with Crippen LogP contribution >= 0.6 is 22.6 Å². The quantitative estimate of drug-likeness (QED) is 0.385. The number of benzene rings is 2. The van der Waals surface area contributed by atoms with Gasteiger partial charge in [-0.25, -0.2) is 0 Å². The Morgan fingerprint density at radius 1 is 1.12 bits per heavy atom. The van der Waals surface area contributed by atoms with Gasteiger partial charge in [-0.3, -0.25) is 0 Å². The Bertz CT molecular complexity index is 705. The predicted molar refractivity (Wildman–Crippen MR) is 104 cm³/mol. The molecule has 0 saturated heterocycles. The first-order valence-electron chi connectivity index (χ1n) is 7.57. The molecule has 0 heterocycles. The minimum Gasteiger partial charge on any atom is -0.496 e. The number of hydrogen-bond acceptors (Lipinski definition) is 5. The SMILES string of the molecule is CCOc1cc(/C=N/NCc2ccccc2OC)cc(I)c1OC. The fourth-order valence-electron chi connectivity index (χ4n) is 2.22. The molecule has 0 unspecified atom stereocenters. The molecule has 0 atom stereocenters. The van der Waals surface area contributed by atoms with E-state index in [0.717, 1.165) is 31.9 Å². The topological polar surface area (TPSA) is 52.1 Å². The van der Waals surface area contributed by atoms with Crippen LogP contribution in [0.1, 0.15) is 18.1 Å². The van der Waals surface area contributed by atoms with Crippen molar-refractivity contribution in [3.63, 3.8) is 0 Å². The summed E-state index contributed by atoms with van der Waals surface area (Å²) in [5.74, 6) is 2.31. The van der Waals surface area contributed by atoms with E-state index >= 15 is 0 Å². The number of nitrogens with zero attached hydrogens (tertiary/aromatic N) is 1. The van der Waals surface area contributed by atoms with E-state index in [4.69, 9.17) is 14.2 Å². The number of rotatable bonds is 8. The van der Waals surface area contributed by atoms with Gasteiger partial charge in [0.2, 0.25) is 0 Å². The van der Waals surface area contributed by atoms with Gasteiger partial charge in [0.25, 0.3) is 0 Å². The molecule has 2 aromatic carbocycles. The molecule has 0 aliphatic rings. The largest absolute Gasteiger partial charge is 0.496 e. The molecule has 0 spiro atoms. The van der Waals surface area contributed by atoms with Gasteiger partial charge in [-0.15, -0.1) is 0 Å². The zero-order chi connectivity index (χ0) is 17.4. The van der Waals surface area contributed by atoms with Crippen molar-refractivity contribution in [3.8, 4) is 17.2 Å². The summed E-state index contributed by atoms with van der Waals surface area (Å²) in [6, 6.07) is 11.8. The normalized spacial score (nSPS) is 10.7. The molecule has 128 valence electrons. The monoisotopic (exact) mass is 440 g/mol. The van der Waals surface area contributed by atoms with Crippen molar-refractivity contribution in [2.45, 2.75) is 13.5 Å². The molecule has 2 aromatic rings. The Balaban J connectivity index is 2.06. The summed E-state index contributed by atoms with van der Waals surface area (Å²) >= 11 is 2.23. The molecule has 0 aromatic heterocycles. The van der Waals surface area contributed by atoms with Crippen LogP contribution in [0.2, 0.25) is 0 Å². The summed E-state index contributed by atoms with van der Waals surface area (Å²) < 4.78 is 17.3. The fraction of sp³-hybridized carbons (Fsp3) is 0.278. The Kier molecular flexibility index (Phi) is 7.17. The van der Waals surface area contributed by atoms with E-state index in [9.17, 15) is 0 Å². The van der Waals surface area contributed by atoms with E-state index in [0.29, 0.717) is 13.2 Å². The van der Waals surface area contributed by atoms with Gasteiger partial charge in [-0.05, 0) is 53.3 Å². The molecule has 1 N–H and O–H groups in total. The Morgan fingerprint density at radius 3 is 2.62 bits per heavy atom. The summed E-state index contributed by atoms with van der Waals surface area (Å²) in [6.45, 7) is 3.12. The first-order chi connectivity index (χ1) is 11.7. The highest BCUT2D eigenvalue weighted by atomic mass is 127. The van der Waals surface area contributed by atoms with Crippen molar-refractivity contribution in [1.29, 1.82) is 0 Å². The second-order valence-electron chi connectivity index (χ2n) is 4.87. The number of halogens is 1. The Hall–Kier alpha value is -1.96. The Labute approximate surface area is 156 Å². The van der Waals surface area contributed by atoms with Crippen LogP contribution in [0.15, 0.2) is 41.5 Å². The second kappa shape index (κ2) is 9.36. The molecular formula is C18H21IN2O3. The van der Waals surface area contributed by atoms with Gasteiger partial charge in [0.15, 0.2) is 11.5 Å². The maximum Gasteiger partial charge on any atom is 0.174 e. The van der Waals surface area contributed by atoms with E-state index in [1.165, 1.54) is 0 Å². The first-order valence-corrected chi connectivity index (χ1v) is 8.65. The molecule has 24 heavy (non-hydrogen) atoms. The molecule has 2 rings (SSSR count). The third-order valence-electron chi connectivity index (χ3n) is 3.30. The standard InChI is InChI=1S/C18H21IN2O3/c1-4-24-17-10-13(9-15(19)18(17)23-3)11-20-21-12-14-7-5-6-8-16(14)22-2/h5-11,21H,4,12H2,1-3H3/b20-11+. The molecule has 0 saturated carbocycles. The number of hydrogen-bond donors (Lipinski definition) is 1. The second-order valence-corrected chi connectivity index (χ2v) is 6.03. The van der Waals surface area contributed by atoms with Crippen molar-refractivity contribution in [2.75, 3.05) is 20.8 Å². The third-order valence-corrected chi connectivity index (χ3v) is 4.10. The Morgan fingerprint density at radius 2 is 1.92 bits per heavy atom. The molecular weight excluding hydrogens is 419 g/mol. The van der Waals surface area contributed by atoms with Crippen LogP contribution in [-0.2, 0) is 6.54 Å². The summed E-state index contributed by atoms with van der Waals surface area (Å²) in [5, 5.41) is 4.28. The van der Waals surface area contributed by atoms with Crippen molar-refractivity contribution in [1.82, 2.24) is 5.43 Å². The van der Waals surface area contributed by atoms with Gasteiger partial charge in [0, 0.05) is 5.56 Å². The van der Waals surface area contributed by atoms with Gasteiger partial charge >= 0.3 is 0 Å². The maximum absolute atomic E-state index is 5.63. The van der Waals surface area contributed by atoms with Gasteiger partial charge in [0.1, 0.15) is 5.75 Å². The predicted octanol–water partition coefficient (Wildman–Crippen LogP) is 3.83. The number of methoxy groups -OCH3 is 2. The molecule has 5 nitrogen and oxygen atoms in total. The summed E-state index contributed by atoms with van der Waals surface area (Å²) in [7, 11) is 3.30. The highest BCUT2D eigenvalue weighted by Crippen LogP contribution is 2.33. The minimum absolute atomic E-state index is 0.582. The van der Waals surface area contributed by atoms with E-state index in [-0.39, 0.29) is 0 Å².